The largest absolute Gasteiger partial charge is 0.494 e. The lowest BCUT2D eigenvalue weighted by atomic mass is 9.87. The number of rotatable bonds is 6. The average molecular weight is 424 g/mol. The molecule has 1 aliphatic rings. The molecular weight excluding hydrogens is 399 g/mol. The van der Waals surface area contributed by atoms with Gasteiger partial charge in [0, 0.05) is 11.9 Å². The molecule has 31 heavy (non-hydrogen) atoms. The molecular formula is C23H25FN4O3. The van der Waals surface area contributed by atoms with E-state index in [1.807, 2.05) is 12.1 Å². The van der Waals surface area contributed by atoms with E-state index in [0.29, 0.717) is 17.2 Å². The quantitative estimate of drug-likeness (QED) is 0.604. The van der Waals surface area contributed by atoms with Crippen molar-refractivity contribution in [1.82, 2.24) is 9.97 Å². The van der Waals surface area contributed by atoms with E-state index < -0.39 is 6.09 Å². The number of amides is 1. The van der Waals surface area contributed by atoms with Crippen molar-refractivity contribution < 1.29 is 18.7 Å². The highest BCUT2D eigenvalue weighted by Gasteiger charge is 2.23. The van der Waals surface area contributed by atoms with Crippen LogP contribution in [0.15, 0.2) is 42.7 Å². The van der Waals surface area contributed by atoms with Gasteiger partial charge in [-0.15, -0.1) is 0 Å². The number of ether oxygens (including phenoxy) is 2. The highest BCUT2D eigenvalue weighted by Crippen LogP contribution is 2.34. The van der Waals surface area contributed by atoms with Gasteiger partial charge in [-0.3, -0.25) is 0 Å². The van der Waals surface area contributed by atoms with Crippen LogP contribution in [0.3, 0.4) is 0 Å². The number of primary amides is 1. The van der Waals surface area contributed by atoms with Crippen molar-refractivity contribution in [3.8, 4) is 16.9 Å². The molecule has 1 heterocycles. The van der Waals surface area contributed by atoms with Gasteiger partial charge in [-0.2, -0.15) is 0 Å². The van der Waals surface area contributed by atoms with Gasteiger partial charge in [0.2, 0.25) is 0 Å². The van der Waals surface area contributed by atoms with Gasteiger partial charge in [0.05, 0.1) is 7.11 Å². The Balaban J connectivity index is 1.55. The molecule has 7 nitrogen and oxygen atoms in total. The summed E-state index contributed by atoms with van der Waals surface area (Å²) in [6.45, 7) is 0.749. The Morgan fingerprint density at radius 2 is 1.87 bits per heavy atom. The molecule has 2 aromatic carbocycles. The smallest absolute Gasteiger partial charge is 0.404 e. The van der Waals surface area contributed by atoms with Crippen LogP contribution in [0.25, 0.3) is 22.0 Å². The molecule has 1 amide bonds. The minimum absolute atomic E-state index is 0.0869. The summed E-state index contributed by atoms with van der Waals surface area (Å²) in [6.07, 6.45) is 4.22. The van der Waals surface area contributed by atoms with Crippen molar-refractivity contribution in [3.63, 3.8) is 0 Å². The first-order valence-corrected chi connectivity index (χ1v) is 10.3. The van der Waals surface area contributed by atoms with Gasteiger partial charge < -0.3 is 20.5 Å². The van der Waals surface area contributed by atoms with Crippen LogP contribution >= 0.6 is 0 Å². The number of benzene rings is 2. The number of halogens is 1. The van der Waals surface area contributed by atoms with Crippen molar-refractivity contribution in [2.45, 2.75) is 31.8 Å². The normalized spacial score (nSPS) is 18.5. The van der Waals surface area contributed by atoms with E-state index in [1.165, 1.54) is 18.5 Å². The zero-order chi connectivity index (χ0) is 21.8. The first-order chi connectivity index (χ1) is 15.0. The molecule has 8 heteroatoms. The Labute approximate surface area is 179 Å². The number of aromatic nitrogens is 2. The lowest BCUT2D eigenvalue weighted by Crippen LogP contribution is -2.29. The molecule has 0 spiro atoms. The van der Waals surface area contributed by atoms with Crippen LogP contribution < -0.4 is 15.8 Å². The second kappa shape index (κ2) is 9.16. The fraction of sp³-hybridized carbons (Fsp3) is 0.348. The number of hydrogen-bond acceptors (Lipinski definition) is 6. The molecule has 1 fully saturated rings. The van der Waals surface area contributed by atoms with Gasteiger partial charge in [-0.25, -0.2) is 19.2 Å². The minimum Gasteiger partial charge on any atom is -0.494 e. The van der Waals surface area contributed by atoms with Crippen molar-refractivity contribution in [3.05, 3.63) is 48.5 Å². The Kier molecular flexibility index (Phi) is 6.16. The summed E-state index contributed by atoms with van der Waals surface area (Å²) >= 11 is 0. The third-order valence-corrected chi connectivity index (χ3v) is 5.74. The highest BCUT2D eigenvalue weighted by molar-refractivity contribution is 5.96. The van der Waals surface area contributed by atoms with E-state index in [9.17, 15) is 9.18 Å². The van der Waals surface area contributed by atoms with Crippen LogP contribution in [0, 0.1) is 11.7 Å². The first-order valence-electron chi connectivity index (χ1n) is 10.3. The summed E-state index contributed by atoms with van der Waals surface area (Å²) in [7, 11) is 1.60. The minimum atomic E-state index is -0.708. The van der Waals surface area contributed by atoms with E-state index in [-0.39, 0.29) is 11.9 Å². The first kappa shape index (κ1) is 20.8. The zero-order valence-electron chi connectivity index (χ0n) is 17.3. The molecule has 0 radical (unpaired) electrons. The van der Waals surface area contributed by atoms with Gasteiger partial charge in [0.25, 0.3) is 0 Å². The number of hydrogen-bond donors (Lipinski definition) is 2. The number of nitrogens with two attached hydrogens (primary N) is 1. The lowest BCUT2D eigenvalue weighted by molar-refractivity contribution is 0.0725. The Bertz CT molecular complexity index is 1070. The summed E-state index contributed by atoms with van der Waals surface area (Å²) in [6, 6.07) is 10.2. The maximum absolute atomic E-state index is 13.3. The van der Waals surface area contributed by atoms with E-state index in [0.717, 1.165) is 54.6 Å². The fourth-order valence-electron chi connectivity index (χ4n) is 4.10. The van der Waals surface area contributed by atoms with Crippen molar-refractivity contribution >= 4 is 22.8 Å². The molecule has 1 saturated carbocycles. The third-order valence-electron chi connectivity index (χ3n) is 5.74. The van der Waals surface area contributed by atoms with Gasteiger partial charge in [0.15, 0.2) is 0 Å². The van der Waals surface area contributed by atoms with Gasteiger partial charge in [0.1, 0.15) is 35.3 Å². The molecule has 0 atom stereocenters. The topological polar surface area (TPSA) is 99.4 Å². The molecule has 4 rings (SSSR count). The molecule has 3 aromatic rings. The van der Waals surface area contributed by atoms with Crippen LogP contribution in [0.1, 0.15) is 25.7 Å². The summed E-state index contributed by atoms with van der Waals surface area (Å²) in [5, 5.41) is 4.29. The number of carbonyl (C=O) groups excluding carboxylic acids is 1. The number of fused-ring (bicyclic) bond motifs is 1. The Morgan fingerprint density at radius 1 is 1.13 bits per heavy atom. The predicted molar refractivity (Wildman–Crippen MR) is 116 cm³/mol. The average Bonchev–Trinajstić information content (AvgIpc) is 2.78. The second-order valence-electron chi connectivity index (χ2n) is 7.76. The van der Waals surface area contributed by atoms with Gasteiger partial charge in [-0.05, 0) is 67.0 Å². The number of carbonyl (C=O) groups is 1. The molecule has 1 aliphatic carbocycles. The van der Waals surface area contributed by atoms with Gasteiger partial charge in [-0.1, -0.05) is 12.1 Å². The van der Waals surface area contributed by atoms with E-state index in [4.69, 9.17) is 15.2 Å². The molecule has 0 aliphatic heterocycles. The summed E-state index contributed by atoms with van der Waals surface area (Å²) in [4.78, 5) is 19.8. The summed E-state index contributed by atoms with van der Waals surface area (Å²) in [5.74, 6) is 1.52. The van der Waals surface area contributed by atoms with E-state index in [1.54, 1.807) is 19.2 Å². The van der Waals surface area contributed by atoms with Crippen molar-refractivity contribution in [2.24, 2.45) is 11.7 Å². The van der Waals surface area contributed by atoms with Crippen molar-refractivity contribution in [1.29, 1.82) is 0 Å². The van der Waals surface area contributed by atoms with Crippen LogP contribution in [0.2, 0.25) is 0 Å². The highest BCUT2D eigenvalue weighted by atomic mass is 19.1. The van der Waals surface area contributed by atoms with Crippen LogP contribution in [-0.4, -0.2) is 35.8 Å². The Morgan fingerprint density at radius 3 is 2.55 bits per heavy atom. The van der Waals surface area contributed by atoms with Crippen LogP contribution in [-0.2, 0) is 4.74 Å². The maximum atomic E-state index is 13.3. The van der Waals surface area contributed by atoms with Crippen LogP contribution in [0.5, 0.6) is 5.75 Å². The third kappa shape index (κ3) is 4.84. The van der Waals surface area contributed by atoms with Gasteiger partial charge >= 0.3 is 6.09 Å². The molecule has 0 bridgehead atoms. The van der Waals surface area contributed by atoms with Crippen LogP contribution in [0.4, 0.5) is 15.0 Å². The summed E-state index contributed by atoms with van der Waals surface area (Å²) < 4.78 is 24.0. The molecule has 1 aromatic heterocycles. The van der Waals surface area contributed by atoms with E-state index >= 15 is 0 Å². The second-order valence-corrected chi connectivity index (χ2v) is 7.76. The predicted octanol–water partition coefficient (Wildman–Crippen LogP) is 4.51. The molecule has 162 valence electrons. The molecule has 0 unspecified atom stereocenters. The standard InChI is InChI=1S/C23H25FN4O3/c1-30-20-11-16(15-4-6-17(24)7-5-15)10-19-21(20)27-13-28-22(19)26-12-14-2-8-18(9-3-14)31-23(25)29/h4-7,10-11,13-14,18H,2-3,8-9,12H2,1H3,(H2,25,29)(H,26,27,28)/t14-,18-. The van der Waals surface area contributed by atoms with E-state index in [2.05, 4.69) is 15.3 Å². The monoisotopic (exact) mass is 424 g/mol. The number of nitrogens with one attached hydrogen (secondary N) is 1. The molecule has 3 N–H and O–H groups in total. The lowest BCUT2D eigenvalue weighted by Gasteiger charge is -2.28. The number of methoxy groups -OCH3 is 1. The molecule has 0 saturated heterocycles. The Hall–Kier alpha value is -3.42. The maximum Gasteiger partial charge on any atom is 0.404 e. The SMILES string of the molecule is COc1cc(-c2ccc(F)cc2)cc2c(NC[C@H]3CC[C@H](OC(N)=O)CC3)ncnc12. The number of nitrogens with zero attached hydrogens (tertiary/aromatic N) is 2. The fourth-order valence-corrected chi connectivity index (χ4v) is 4.10. The number of anilines is 1. The zero-order valence-corrected chi connectivity index (χ0v) is 17.3. The summed E-state index contributed by atoms with van der Waals surface area (Å²) in [5.41, 5.74) is 7.60. The van der Waals surface area contributed by atoms with Crippen molar-refractivity contribution in [2.75, 3.05) is 19.0 Å².